The Labute approximate surface area is 109 Å². The number of carbonyl (C=O) groups excluding carboxylic acids is 1. The molecule has 0 amide bonds. The fraction of sp³-hybridized carbons (Fsp3) is 0.357. The van der Waals surface area contributed by atoms with Crippen molar-refractivity contribution in [2.24, 2.45) is 0 Å². The van der Waals surface area contributed by atoms with Gasteiger partial charge in [-0.1, -0.05) is 34.1 Å². The topological polar surface area (TPSA) is 30.2 Å². The van der Waals surface area contributed by atoms with Crippen molar-refractivity contribution in [2.45, 2.75) is 25.7 Å². The second kappa shape index (κ2) is 6.01. The molecule has 17 heavy (non-hydrogen) atoms. The summed E-state index contributed by atoms with van der Waals surface area (Å²) in [5, 5.41) is 1.62. The predicted octanol–water partition coefficient (Wildman–Crippen LogP) is 4.11. The zero-order chi connectivity index (χ0) is 12.1. The monoisotopic (exact) mass is 294 g/mol. The number of hydrogen-bond donors (Lipinski definition) is 0. The maximum atomic E-state index is 11.1. The number of aryl methyl sites for hydroxylation is 1. The average molecular weight is 295 g/mol. The molecular formula is C14H15BrO2. The molecule has 0 spiro atoms. The van der Waals surface area contributed by atoms with Gasteiger partial charge in [-0.3, -0.25) is 4.79 Å². The number of fused-ring (bicyclic) bond motifs is 1. The molecule has 0 aliphatic rings. The van der Waals surface area contributed by atoms with Crippen molar-refractivity contribution in [1.29, 1.82) is 0 Å². The summed E-state index contributed by atoms with van der Waals surface area (Å²) in [5.41, 5.74) is 0.944. The summed E-state index contributed by atoms with van der Waals surface area (Å²) in [7, 11) is 0. The lowest BCUT2D eigenvalue weighted by Crippen LogP contribution is -1.98. The van der Waals surface area contributed by atoms with Crippen molar-refractivity contribution in [1.82, 2.24) is 0 Å². The van der Waals surface area contributed by atoms with Crippen molar-refractivity contribution < 1.29 is 9.21 Å². The Hall–Kier alpha value is -1.09. The van der Waals surface area contributed by atoms with E-state index >= 15 is 0 Å². The third-order valence-electron chi connectivity index (χ3n) is 2.75. The van der Waals surface area contributed by atoms with Crippen molar-refractivity contribution >= 4 is 32.7 Å². The Morgan fingerprint density at radius 1 is 1.24 bits per heavy atom. The van der Waals surface area contributed by atoms with E-state index in [9.17, 15) is 4.79 Å². The maximum Gasteiger partial charge on any atom is 0.143 e. The van der Waals surface area contributed by atoms with E-state index in [0.29, 0.717) is 11.8 Å². The van der Waals surface area contributed by atoms with E-state index in [1.54, 1.807) is 0 Å². The predicted molar refractivity (Wildman–Crippen MR) is 72.6 cm³/mol. The number of halogens is 1. The summed E-state index contributed by atoms with van der Waals surface area (Å²) in [6.07, 6.45) is 3.50. The lowest BCUT2D eigenvalue weighted by molar-refractivity contribution is -0.116. The first-order chi connectivity index (χ1) is 8.29. The number of Topliss-reactive ketones (excluding diaryl/α,β-unsaturated/α-hetero) is 1. The lowest BCUT2D eigenvalue weighted by Gasteiger charge is -1.96. The highest BCUT2D eigenvalue weighted by molar-refractivity contribution is 9.09. The summed E-state index contributed by atoms with van der Waals surface area (Å²) >= 11 is 3.17. The van der Waals surface area contributed by atoms with Gasteiger partial charge in [-0.25, -0.2) is 0 Å². The number of para-hydroxylation sites is 1. The van der Waals surface area contributed by atoms with Gasteiger partial charge >= 0.3 is 0 Å². The van der Waals surface area contributed by atoms with E-state index in [-0.39, 0.29) is 5.78 Å². The first-order valence-electron chi connectivity index (χ1n) is 5.84. The summed E-state index contributed by atoms with van der Waals surface area (Å²) in [4.78, 5) is 11.1. The van der Waals surface area contributed by atoms with Crippen LogP contribution >= 0.6 is 15.9 Å². The average Bonchev–Trinajstić information content (AvgIpc) is 2.76. The molecule has 2 nitrogen and oxygen atoms in total. The number of hydrogen-bond acceptors (Lipinski definition) is 2. The first kappa shape index (κ1) is 12.4. The molecule has 0 unspecified atom stereocenters. The minimum absolute atomic E-state index is 0.273. The molecule has 0 atom stereocenters. The second-order valence-corrected chi connectivity index (χ2v) is 4.69. The molecule has 3 heteroatoms. The van der Waals surface area contributed by atoms with Gasteiger partial charge in [-0.2, -0.15) is 0 Å². The lowest BCUT2D eigenvalue weighted by atomic mass is 10.1. The molecule has 0 fully saturated rings. The van der Waals surface area contributed by atoms with Crippen LogP contribution in [-0.2, 0) is 11.2 Å². The van der Waals surface area contributed by atoms with Crippen LogP contribution < -0.4 is 0 Å². The molecule has 1 heterocycles. The summed E-state index contributed by atoms with van der Waals surface area (Å²) in [6.45, 7) is 0. The highest BCUT2D eigenvalue weighted by Gasteiger charge is 2.03. The third-order valence-corrected chi connectivity index (χ3v) is 3.38. The van der Waals surface area contributed by atoms with E-state index in [0.717, 1.165) is 36.0 Å². The molecule has 0 bridgehead atoms. The molecular weight excluding hydrogens is 280 g/mol. The number of carbonyl (C=O) groups is 1. The molecule has 0 aliphatic heterocycles. The number of rotatable bonds is 6. The zero-order valence-corrected chi connectivity index (χ0v) is 11.2. The molecule has 90 valence electrons. The molecule has 0 radical (unpaired) electrons. The van der Waals surface area contributed by atoms with Crippen LogP contribution in [0.4, 0.5) is 0 Å². The van der Waals surface area contributed by atoms with Gasteiger partial charge in [0.15, 0.2) is 0 Å². The van der Waals surface area contributed by atoms with Crippen LogP contribution in [0.2, 0.25) is 0 Å². The highest BCUT2D eigenvalue weighted by atomic mass is 79.9. The van der Waals surface area contributed by atoms with Crippen LogP contribution in [0, 0.1) is 0 Å². The van der Waals surface area contributed by atoms with Crippen molar-refractivity contribution in [3.05, 3.63) is 36.1 Å². The molecule has 0 saturated carbocycles. The summed E-state index contributed by atoms with van der Waals surface area (Å²) in [6, 6.07) is 10.1. The maximum absolute atomic E-state index is 11.1. The number of furan rings is 1. The number of unbranched alkanes of at least 4 members (excludes halogenated alkanes) is 1. The number of ketones is 1. The molecule has 2 rings (SSSR count). The Morgan fingerprint density at radius 2 is 2.06 bits per heavy atom. The van der Waals surface area contributed by atoms with Crippen LogP contribution in [0.25, 0.3) is 11.0 Å². The van der Waals surface area contributed by atoms with Crippen LogP contribution in [-0.4, -0.2) is 11.1 Å². The molecule has 0 N–H and O–H groups in total. The summed E-state index contributed by atoms with van der Waals surface area (Å²) < 4.78 is 5.71. The molecule has 0 saturated heterocycles. The molecule has 1 aromatic carbocycles. The van der Waals surface area contributed by atoms with Crippen LogP contribution in [0.3, 0.4) is 0 Å². The van der Waals surface area contributed by atoms with Gasteiger partial charge in [0.05, 0.1) is 5.33 Å². The van der Waals surface area contributed by atoms with Gasteiger partial charge in [0.25, 0.3) is 0 Å². The van der Waals surface area contributed by atoms with Crippen LogP contribution in [0.1, 0.15) is 25.0 Å². The van der Waals surface area contributed by atoms with E-state index in [2.05, 4.69) is 28.1 Å². The van der Waals surface area contributed by atoms with E-state index in [1.165, 1.54) is 0 Å². The van der Waals surface area contributed by atoms with Gasteiger partial charge in [0.1, 0.15) is 17.1 Å². The van der Waals surface area contributed by atoms with Gasteiger partial charge in [0, 0.05) is 18.2 Å². The minimum Gasteiger partial charge on any atom is -0.461 e. The normalized spacial score (nSPS) is 10.9. The van der Waals surface area contributed by atoms with Crippen LogP contribution in [0.15, 0.2) is 34.7 Å². The van der Waals surface area contributed by atoms with Crippen molar-refractivity contribution in [2.75, 3.05) is 5.33 Å². The van der Waals surface area contributed by atoms with Gasteiger partial charge in [-0.05, 0) is 25.0 Å². The van der Waals surface area contributed by atoms with Crippen molar-refractivity contribution in [3.63, 3.8) is 0 Å². The smallest absolute Gasteiger partial charge is 0.143 e. The largest absolute Gasteiger partial charge is 0.461 e. The zero-order valence-electron chi connectivity index (χ0n) is 9.62. The van der Waals surface area contributed by atoms with Gasteiger partial charge in [-0.15, -0.1) is 0 Å². The fourth-order valence-corrected chi connectivity index (χ4v) is 2.13. The second-order valence-electron chi connectivity index (χ2n) is 4.13. The highest BCUT2D eigenvalue weighted by Crippen LogP contribution is 2.20. The Bertz CT molecular complexity index is 469. The molecule has 2 aromatic rings. The first-order valence-corrected chi connectivity index (χ1v) is 6.97. The SMILES string of the molecule is O=C(CBr)CCCCc1cc2ccccc2o1. The molecule has 1 aromatic heterocycles. The Kier molecular flexibility index (Phi) is 4.37. The van der Waals surface area contributed by atoms with Gasteiger partial charge in [0.2, 0.25) is 0 Å². The van der Waals surface area contributed by atoms with Gasteiger partial charge < -0.3 is 4.42 Å². The Balaban J connectivity index is 1.85. The van der Waals surface area contributed by atoms with E-state index < -0.39 is 0 Å². The quantitative estimate of drug-likeness (QED) is 0.593. The number of alkyl halides is 1. The Morgan fingerprint density at radius 3 is 2.82 bits per heavy atom. The summed E-state index contributed by atoms with van der Waals surface area (Å²) in [5.74, 6) is 1.28. The van der Waals surface area contributed by atoms with Crippen molar-refractivity contribution in [3.8, 4) is 0 Å². The van der Waals surface area contributed by atoms with E-state index in [4.69, 9.17) is 4.42 Å². The van der Waals surface area contributed by atoms with Crippen LogP contribution in [0.5, 0.6) is 0 Å². The molecule has 0 aliphatic carbocycles. The standard InChI is InChI=1S/C14H15BrO2/c15-10-12(16)6-2-3-7-13-9-11-5-1-4-8-14(11)17-13/h1,4-5,8-9H,2-3,6-7,10H2. The minimum atomic E-state index is 0.273. The number of benzene rings is 1. The fourth-order valence-electron chi connectivity index (χ4n) is 1.85. The third kappa shape index (κ3) is 3.43. The van der Waals surface area contributed by atoms with E-state index in [1.807, 2.05) is 18.2 Å².